The van der Waals surface area contributed by atoms with E-state index in [-0.39, 0.29) is 68.4 Å². The van der Waals surface area contributed by atoms with Gasteiger partial charge in [-0.3, -0.25) is 57.7 Å². The van der Waals surface area contributed by atoms with E-state index in [1.54, 1.807) is 30.3 Å². The minimum atomic E-state index is -1.80. The van der Waals surface area contributed by atoms with Crippen LogP contribution in [0.3, 0.4) is 0 Å². The fraction of sp³-hybridized carbons (Fsp3) is 0.478. The summed E-state index contributed by atoms with van der Waals surface area (Å²) in [4.78, 5) is 153. The number of aliphatic imine (C=N–C) groups is 1. The summed E-state index contributed by atoms with van der Waals surface area (Å²) in [5.41, 5.74) is 34.4. The van der Waals surface area contributed by atoms with Crippen molar-refractivity contribution in [2.24, 2.45) is 39.4 Å². The Morgan fingerprint density at radius 1 is 0.707 bits per heavy atom. The average molecular weight is 1080 g/mol. The third-order valence-corrected chi connectivity index (χ3v) is 14.1. The van der Waals surface area contributed by atoms with E-state index in [0.717, 1.165) is 21.6 Å². The van der Waals surface area contributed by atoms with Gasteiger partial charge in [0.05, 0.1) is 19.0 Å². The Hall–Kier alpha value is -7.66. The third-order valence-electron chi connectivity index (χ3n) is 11.6. The number of hydrogen-bond donors (Lipinski definition) is 14. The van der Waals surface area contributed by atoms with Crippen LogP contribution in [0.1, 0.15) is 56.1 Å². The normalized spacial score (nSPS) is 22.6. The number of guanidine groups is 1. The zero-order valence-corrected chi connectivity index (χ0v) is 42.5. The predicted molar refractivity (Wildman–Crippen MR) is 276 cm³/mol. The van der Waals surface area contributed by atoms with Gasteiger partial charge in [0.25, 0.3) is 0 Å². The molecule has 27 nitrogen and oxygen atoms in total. The van der Waals surface area contributed by atoms with Crippen LogP contribution in [0.4, 0.5) is 0 Å². The van der Waals surface area contributed by atoms with E-state index in [1.807, 2.05) is 0 Å². The molecule has 408 valence electrons. The van der Waals surface area contributed by atoms with E-state index in [2.05, 4.69) is 42.2 Å². The first-order valence-electron chi connectivity index (χ1n) is 23.7. The lowest BCUT2D eigenvalue weighted by atomic mass is 10.0. The molecule has 4 rings (SSSR count). The smallest absolute Gasteiger partial charge is 0.246 e. The lowest BCUT2D eigenvalue weighted by Gasteiger charge is -2.31. The molecule has 2 aromatic carbocycles. The molecule has 29 heteroatoms. The molecule has 75 heavy (non-hydrogen) atoms. The van der Waals surface area contributed by atoms with Crippen molar-refractivity contribution in [3.63, 3.8) is 0 Å². The molecular weight excluding hydrogens is 1020 g/mol. The predicted octanol–water partition coefficient (Wildman–Crippen LogP) is -5.40. The molecule has 0 aromatic heterocycles. The van der Waals surface area contributed by atoms with Crippen molar-refractivity contribution in [1.29, 1.82) is 0 Å². The Morgan fingerprint density at radius 3 is 1.89 bits per heavy atom. The van der Waals surface area contributed by atoms with Gasteiger partial charge in [0, 0.05) is 43.9 Å². The van der Waals surface area contributed by atoms with Crippen LogP contribution in [0.2, 0.25) is 0 Å². The van der Waals surface area contributed by atoms with Gasteiger partial charge in [0.1, 0.15) is 48.0 Å². The second-order valence-corrected chi connectivity index (χ2v) is 20.2. The molecule has 2 aliphatic heterocycles. The quantitative estimate of drug-likeness (QED) is 0.0270. The van der Waals surface area contributed by atoms with E-state index >= 15 is 0 Å². The average Bonchev–Trinajstić information content (AvgIpc) is 3.86. The zero-order valence-electron chi connectivity index (χ0n) is 40.8. The van der Waals surface area contributed by atoms with E-state index in [4.69, 9.17) is 34.4 Å². The highest BCUT2D eigenvalue weighted by molar-refractivity contribution is 8.76. The first-order valence-corrected chi connectivity index (χ1v) is 26.2. The zero-order chi connectivity index (χ0) is 55.2. The molecule has 0 aliphatic carbocycles. The number of nitrogens with two attached hydrogens (primary N) is 6. The molecule has 2 fully saturated rings. The van der Waals surface area contributed by atoms with Gasteiger partial charge < -0.3 is 81.6 Å². The molecular formula is C46H65N15O12S2. The Labute approximate surface area is 439 Å². The summed E-state index contributed by atoms with van der Waals surface area (Å²) in [6.07, 6.45) is -1.38. The van der Waals surface area contributed by atoms with Gasteiger partial charge in [0.2, 0.25) is 65.0 Å². The topological polar surface area (TPSA) is 464 Å². The summed E-state index contributed by atoms with van der Waals surface area (Å²) in [6, 6.07) is 2.80. The van der Waals surface area contributed by atoms with Crippen LogP contribution in [0.25, 0.3) is 0 Å². The second-order valence-electron chi connectivity index (χ2n) is 17.6. The van der Waals surface area contributed by atoms with Gasteiger partial charge in [-0.15, -0.1) is 0 Å². The highest BCUT2D eigenvalue weighted by atomic mass is 33.1. The van der Waals surface area contributed by atoms with E-state index < -0.39 is 139 Å². The molecule has 2 aromatic rings. The van der Waals surface area contributed by atoms with Gasteiger partial charge in [0.15, 0.2) is 5.96 Å². The van der Waals surface area contributed by atoms with E-state index in [0.29, 0.717) is 17.5 Å². The van der Waals surface area contributed by atoms with Crippen molar-refractivity contribution in [3.8, 4) is 5.75 Å². The molecule has 2 saturated heterocycles. The number of amides is 11. The number of hydrogen-bond acceptors (Lipinski definition) is 16. The van der Waals surface area contributed by atoms with Crippen molar-refractivity contribution in [1.82, 2.24) is 42.1 Å². The number of carbonyl (C=O) groups excluding carboxylic acids is 11. The molecule has 8 atom stereocenters. The number of phenols is 1. The molecule has 20 N–H and O–H groups in total. The van der Waals surface area contributed by atoms with Crippen molar-refractivity contribution in [3.05, 3.63) is 65.7 Å². The maximum absolute atomic E-state index is 14.6. The number of rotatable bonds is 19. The number of aromatic hydroxyl groups is 1. The lowest BCUT2D eigenvalue weighted by Crippen LogP contribution is -2.61. The molecule has 3 unspecified atom stereocenters. The monoisotopic (exact) mass is 1080 g/mol. The third kappa shape index (κ3) is 20.3. The molecule has 0 bridgehead atoms. The number of phenolic OH excluding ortho intramolecular Hbond substituents is 1. The SMILES string of the molecule is NC(=O)CCC1NC(=O)C(Cc2ccccc2)NC(=O)[C@H](Cc2ccc(O)cc2)NC(=O)[C@@H](N)CSSCC(C(=O)N2CCC[C@H]2C(=O)N[C@@H](CCCN=C(N)N)C(=O)NCC(N)=O)NC(=O)[C@H](CC(N)=O)NC1=O. The number of likely N-dealkylation sites (tertiary alicyclic amines) is 1. The molecule has 0 radical (unpaired) electrons. The van der Waals surface area contributed by atoms with Crippen LogP contribution in [-0.4, -0.2) is 160 Å². The highest BCUT2D eigenvalue weighted by Gasteiger charge is 2.40. The highest BCUT2D eigenvalue weighted by Crippen LogP contribution is 2.26. The van der Waals surface area contributed by atoms with Gasteiger partial charge in [-0.2, -0.15) is 0 Å². The molecule has 2 aliphatic rings. The van der Waals surface area contributed by atoms with Crippen molar-refractivity contribution < 1.29 is 57.8 Å². The van der Waals surface area contributed by atoms with Crippen molar-refractivity contribution in [2.45, 2.75) is 106 Å². The van der Waals surface area contributed by atoms with Crippen LogP contribution in [0.15, 0.2) is 59.6 Å². The standard InChI is InChI=1S/C46H65N15O12S2/c47-27-22-74-75-23-33(45(73)61-17-5-9-34(61)44(72)56-28(8-4-16-53-46(51)52)39(67)54-21-37(50)65)60-43(71)32(20-36(49)64)59-40(68)29(14-15-35(48)63)55-41(69)31(18-24-6-2-1-3-7-24)58-42(70)30(57-38(27)66)19-25-10-12-26(62)13-11-25/h1-3,6-7,10-13,27-34,62H,4-5,8-9,14-23,47H2,(H2,48,63)(H2,49,64)(H2,50,65)(H,54,67)(H,55,69)(H,56,72)(H,57,66)(H,58,70)(H,59,68)(H,60,71)(H4,51,52,53)/t27-,28-,29?,30-,31?,32-,33?,34-/m0/s1. The van der Waals surface area contributed by atoms with Crippen LogP contribution in [-0.2, 0) is 65.6 Å². The number of nitrogens with zero attached hydrogens (tertiary/aromatic N) is 2. The molecule has 0 saturated carbocycles. The van der Waals surface area contributed by atoms with E-state index in [9.17, 15) is 57.8 Å². The van der Waals surface area contributed by atoms with Crippen LogP contribution < -0.4 is 71.6 Å². The minimum Gasteiger partial charge on any atom is -0.508 e. The number of primary amides is 3. The number of benzene rings is 2. The van der Waals surface area contributed by atoms with Crippen molar-refractivity contribution in [2.75, 3.05) is 31.1 Å². The fourth-order valence-electron chi connectivity index (χ4n) is 7.80. The Balaban J connectivity index is 1.71. The first-order chi connectivity index (χ1) is 35.6. The summed E-state index contributed by atoms with van der Waals surface area (Å²) in [5.74, 6) is -10.5. The summed E-state index contributed by atoms with van der Waals surface area (Å²) in [6.45, 7) is -0.443. The number of nitrogens with one attached hydrogen (secondary N) is 7. The largest absolute Gasteiger partial charge is 0.508 e. The Bertz CT molecular complexity index is 2420. The minimum absolute atomic E-state index is 0.00106. The summed E-state index contributed by atoms with van der Waals surface area (Å²) >= 11 is 0. The lowest BCUT2D eigenvalue weighted by molar-refractivity contribution is -0.142. The summed E-state index contributed by atoms with van der Waals surface area (Å²) in [5, 5.41) is 27.6. The van der Waals surface area contributed by atoms with Gasteiger partial charge >= 0.3 is 0 Å². The summed E-state index contributed by atoms with van der Waals surface area (Å²) < 4.78 is 0. The summed E-state index contributed by atoms with van der Waals surface area (Å²) in [7, 11) is 1.99. The van der Waals surface area contributed by atoms with Gasteiger partial charge in [-0.25, -0.2) is 0 Å². The van der Waals surface area contributed by atoms with Gasteiger partial charge in [-0.05, 0) is 55.4 Å². The molecule has 2 heterocycles. The van der Waals surface area contributed by atoms with Crippen LogP contribution in [0, 0.1) is 0 Å². The Morgan fingerprint density at radius 2 is 1.28 bits per heavy atom. The van der Waals surface area contributed by atoms with Crippen LogP contribution in [0.5, 0.6) is 5.75 Å². The number of carbonyl (C=O) groups is 11. The molecule has 0 spiro atoms. The second kappa shape index (κ2) is 29.9. The molecule has 11 amide bonds. The maximum Gasteiger partial charge on any atom is 0.246 e. The van der Waals surface area contributed by atoms with Crippen molar-refractivity contribution >= 4 is 92.5 Å². The Kier molecular flexibility index (Phi) is 23.9. The van der Waals surface area contributed by atoms with E-state index in [1.165, 1.54) is 29.2 Å². The van der Waals surface area contributed by atoms with Gasteiger partial charge in [-0.1, -0.05) is 64.1 Å². The maximum atomic E-state index is 14.6. The fourth-order valence-corrected chi connectivity index (χ4v) is 10.1. The van der Waals surface area contributed by atoms with Crippen LogP contribution >= 0.6 is 21.6 Å². The first kappa shape index (κ1) is 59.9.